The van der Waals surface area contributed by atoms with Crippen LogP contribution in [0.4, 0.5) is 0 Å². The van der Waals surface area contributed by atoms with Crippen LogP contribution in [0.25, 0.3) is 21.7 Å². The molecule has 0 atom stereocenters. The van der Waals surface area contributed by atoms with Crippen LogP contribution in [0.2, 0.25) is 0 Å². The van der Waals surface area contributed by atoms with Crippen LogP contribution < -0.4 is 5.56 Å². The first-order valence-corrected chi connectivity index (χ1v) is 7.84. The third-order valence-corrected chi connectivity index (χ3v) is 4.40. The molecule has 0 amide bonds. The highest BCUT2D eigenvalue weighted by Crippen LogP contribution is 2.21. The van der Waals surface area contributed by atoms with Gasteiger partial charge in [0, 0.05) is 21.5 Å². The van der Waals surface area contributed by atoms with E-state index >= 15 is 0 Å². The number of hydrogen-bond acceptors (Lipinski definition) is 4. The molecule has 0 N–H and O–H groups in total. The van der Waals surface area contributed by atoms with Crippen LogP contribution >= 0.6 is 11.3 Å². The van der Waals surface area contributed by atoms with E-state index in [2.05, 4.69) is 5.10 Å². The lowest BCUT2D eigenvalue weighted by Crippen LogP contribution is -2.24. The van der Waals surface area contributed by atoms with Crippen LogP contribution in [-0.4, -0.2) is 17.6 Å². The molecule has 2 radical (unpaired) electrons. The molecule has 3 heterocycles. The number of benzene rings is 1. The molecule has 4 nitrogen and oxygen atoms in total. The van der Waals surface area contributed by atoms with E-state index in [-0.39, 0.29) is 5.56 Å². The molecule has 0 saturated carbocycles. The Morgan fingerprint density at radius 2 is 2.05 bits per heavy atom. The van der Waals surface area contributed by atoms with Gasteiger partial charge in [0.05, 0.1) is 18.9 Å². The first-order valence-electron chi connectivity index (χ1n) is 6.89. The van der Waals surface area contributed by atoms with Gasteiger partial charge in [-0.05, 0) is 18.5 Å². The van der Waals surface area contributed by atoms with E-state index < -0.39 is 0 Å². The summed E-state index contributed by atoms with van der Waals surface area (Å²) in [5, 5.41) is 10.7. The van der Waals surface area contributed by atoms with Crippen LogP contribution in [0.3, 0.4) is 0 Å². The van der Waals surface area contributed by atoms with E-state index in [1.807, 2.05) is 41.1 Å². The van der Waals surface area contributed by atoms with E-state index in [9.17, 15) is 4.79 Å². The van der Waals surface area contributed by atoms with Gasteiger partial charge in [-0.15, -0.1) is 0 Å². The number of rotatable bonds is 3. The summed E-state index contributed by atoms with van der Waals surface area (Å²) in [5.41, 5.74) is 1.42. The number of furan rings is 1. The van der Waals surface area contributed by atoms with Crippen molar-refractivity contribution in [3.05, 3.63) is 62.9 Å². The molecule has 4 rings (SSSR count). The van der Waals surface area contributed by atoms with E-state index in [0.717, 1.165) is 22.0 Å². The fraction of sp³-hybridized carbons (Fsp3) is 0.125. The average Bonchev–Trinajstić information content (AvgIpc) is 3.16. The summed E-state index contributed by atoms with van der Waals surface area (Å²) in [7, 11) is 5.75. The van der Waals surface area contributed by atoms with Crippen molar-refractivity contribution in [2.75, 3.05) is 0 Å². The molecule has 0 aliphatic carbocycles. The molecule has 22 heavy (non-hydrogen) atoms. The first-order chi connectivity index (χ1) is 10.8. The Balaban J connectivity index is 1.83. The summed E-state index contributed by atoms with van der Waals surface area (Å²) >= 11 is 1.48. The summed E-state index contributed by atoms with van der Waals surface area (Å²) < 4.78 is 7.19. The molecule has 3 aromatic heterocycles. The van der Waals surface area contributed by atoms with Crippen molar-refractivity contribution in [2.24, 2.45) is 0 Å². The second-order valence-electron chi connectivity index (χ2n) is 5.06. The molecule has 0 spiro atoms. The molecule has 4 aromatic rings. The molecule has 6 heteroatoms. The number of fused-ring (bicyclic) bond motifs is 2. The molecule has 0 aliphatic heterocycles. The average molecular weight is 306 g/mol. The molecule has 0 fully saturated rings. The van der Waals surface area contributed by atoms with Crippen molar-refractivity contribution in [2.45, 2.75) is 12.9 Å². The minimum atomic E-state index is -0.117. The molecule has 0 saturated heterocycles. The summed E-state index contributed by atoms with van der Waals surface area (Å²) in [5.74, 6) is 0.702. The summed E-state index contributed by atoms with van der Waals surface area (Å²) in [4.78, 5) is 12.5. The van der Waals surface area contributed by atoms with Crippen molar-refractivity contribution in [3.8, 4) is 0 Å². The molecule has 106 valence electrons. The van der Waals surface area contributed by atoms with Crippen LogP contribution in [0, 0.1) is 0 Å². The fourth-order valence-corrected chi connectivity index (χ4v) is 3.42. The van der Waals surface area contributed by atoms with Gasteiger partial charge >= 0.3 is 0 Å². The maximum absolute atomic E-state index is 12.5. The largest absolute Gasteiger partial charge is 0.459 e. The predicted octanol–water partition coefficient (Wildman–Crippen LogP) is 2.92. The van der Waals surface area contributed by atoms with Crippen LogP contribution in [-0.2, 0) is 12.9 Å². The van der Waals surface area contributed by atoms with Gasteiger partial charge in [-0.2, -0.15) is 16.4 Å². The highest BCUT2D eigenvalue weighted by molar-refractivity contribution is 7.09. The van der Waals surface area contributed by atoms with Gasteiger partial charge in [-0.3, -0.25) is 4.79 Å². The van der Waals surface area contributed by atoms with Gasteiger partial charge in [0.1, 0.15) is 17.9 Å². The highest BCUT2D eigenvalue weighted by atomic mass is 32.1. The second kappa shape index (κ2) is 5.14. The second-order valence-corrected chi connectivity index (χ2v) is 5.81. The summed E-state index contributed by atoms with van der Waals surface area (Å²) in [6.45, 7) is 0.298. The van der Waals surface area contributed by atoms with Gasteiger partial charge < -0.3 is 4.42 Å². The van der Waals surface area contributed by atoms with Gasteiger partial charge in [-0.25, -0.2) is 4.68 Å². The normalized spacial score (nSPS) is 11.5. The lowest BCUT2D eigenvalue weighted by molar-refractivity contribution is 0.498. The van der Waals surface area contributed by atoms with Crippen LogP contribution in [0.1, 0.15) is 11.5 Å². The van der Waals surface area contributed by atoms with E-state index in [4.69, 9.17) is 12.3 Å². The Hall–Kier alpha value is -2.34. The maximum atomic E-state index is 12.5. The predicted molar refractivity (Wildman–Crippen MR) is 88.7 cm³/mol. The van der Waals surface area contributed by atoms with Gasteiger partial charge in [0.15, 0.2) is 0 Å². The topological polar surface area (TPSA) is 48.0 Å². The van der Waals surface area contributed by atoms with Crippen molar-refractivity contribution >= 4 is 40.9 Å². The minimum Gasteiger partial charge on any atom is -0.459 e. The fourth-order valence-electron chi connectivity index (χ4n) is 2.59. The highest BCUT2D eigenvalue weighted by Gasteiger charge is 2.12. The standard InChI is InChI=1S/C16H11BN2O2S/c17-6-14-12-8-22-9-13(12)16(20)19(18-14)7-11-5-10-3-1-2-4-15(10)21-11/h1-5,8-9H,6-7H2. The molecule has 0 bridgehead atoms. The Labute approximate surface area is 131 Å². The van der Waals surface area contributed by atoms with Crippen LogP contribution in [0.15, 0.2) is 50.3 Å². The smallest absolute Gasteiger partial charge is 0.275 e. The molecule has 0 unspecified atom stereocenters. The molecule has 1 aromatic carbocycles. The van der Waals surface area contributed by atoms with E-state index in [0.29, 0.717) is 24.0 Å². The number of aromatic nitrogens is 2. The quantitative estimate of drug-likeness (QED) is 0.547. The minimum absolute atomic E-state index is 0.117. The maximum Gasteiger partial charge on any atom is 0.275 e. The van der Waals surface area contributed by atoms with Gasteiger partial charge in [0.2, 0.25) is 0 Å². The van der Waals surface area contributed by atoms with E-state index in [1.165, 1.54) is 16.0 Å². The van der Waals surface area contributed by atoms with Crippen molar-refractivity contribution in [1.82, 2.24) is 9.78 Å². The van der Waals surface area contributed by atoms with Gasteiger partial charge in [0.25, 0.3) is 5.56 Å². The number of hydrogen-bond donors (Lipinski definition) is 0. The Kier molecular flexibility index (Phi) is 3.12. The van der Waals surface area contributed by atoms with Crippen LogP contribution in [0.5, 0.6) is 0 Å². The zero-order valence-electron chi connectivity index (χ0n) is 11.7. The lowest BCUT2D eigenvalue weighted by Gasteiger charge is -2.06. The van der Waals surface area contributed by atoms with Crippen molar-refractivity contribution < 1.29 is 4.42 Å². The monoisotopic (exact) mass is 306 g/mol. The summed E-state index contributed by atoms with van der Waals surface area (Å²) in [6.07, 6.45) is 0.299. The molecular formula is C16H11BN2O2S. The summed E-state index contributed by atoms with van der Waals surface area (Å²) in [6, 6.07) is 9.69. The SMILES string of the molecule is [B]Cc1nn(Cc2cc3ccccc3o2)c(=O)c2cscc12. The lowest BCUT2D eigenvalue weighted by atomic mass is 9.99. The van der Waals surface area contributed by atoms with E-state index in [1.54, 1.807) is 0 Å². The molecule has 0 aliphatic rings. The third-order valence-electron chi connectivity index (χ3n) is 3.65. The Morgan fingerprint density at radius 1 is 1.23 bits per heavy atom. The Bertz CT molecular complexity index is 998. The first kappa shape index (κ1) is 13.3. The number of para-hydroxylation sites is 1. The zero-order valence-corrected chi connectivity index (χ0v) is 12.5. The van der Waals surface area contributed by atoms with Crippen molar-refractivity contribution in [1.29, 1.82) is 0 Å². The number of thiophene rings is 1. The molecular weight excluding hydrogens is 295 g/mol. The number of nitrogens with zero attached hydrogens (tertiary/aromatic N) is 2. The van der Waals surface area contributed by atoms with Crippen molar-refractivity contribution in [3.63, 3.8) is 0 Å². The Morgan fingerprint density at radius 3 is 2.86 bits per heavy atom. The van der Waals surface area contributed by atoms with Gasteiger partial charge in [-0.1, -0.05) is 18.2 Å². The third kappa shape index (κ3) is 2.07. The zero-order chi connectivity index (χ0) is 15.1.